The van der Waals surface area contributed by atoms with Gasteiger partial charge in [0.1, 0.15) is 13.2 Å². The van der Waals surface area contributed by atoms with Crippen molar-refractivity contribution in [3.05, 3.63) is 69.0 Å². The van der Waals surface area contributed by atoms with Gasteiger partial charge in [0, 0.05) is 35.5 Å². The van der Waals surface area contributed by atoms with E-state index in [2.05, 4.69) is 4.98 Å². The summed E-state index contributed by atoms with van der Waals surface area (Å²) < 4.78 is 11.2. The number of hydrogen-bond donors (Lipinski definition) is 1. The molecule has 0 saturated carbocycles. The van der Waals surface area contributed by atoms with E-state index in [0.29, 0.717) is 47.4 Å². The van der Waals surface area contributed by atoms with Crippen molar-refractivity contribution < 1.29 is 14.3 Å². The standard InChI is InChI=1S/C21H19ClN2O4/c1-13(25)24(11-14-2-4-17(22)5-3-14)12-16-8-15-9-19-20(28-7-6-27-19)10-18(15)23-21(16)26/h2-5,8-10H,6-7,11-12H2,1H3,(H,23,26). The van der Waals surface area contributed by atoms with Gasteiger partial charge in [-0.1, -0.05) is 23.7 Å². The molecule has 2 heterocycles. The number of carbonyl (C=O) groups excluding carboxylic acids is 1. The number of aromatic amines is 1. The maximum atomic E-state index is 12.6. The number of fused-ring (bicyclic) bond motifs is 2. The van der Waals surface area contributed by atoms with Gasteiger partial charge in [-0.2, -0.15) is 0 Å². The van der Waals surface area contributed by atoms with Gasteiger partial charge in [-0.05, 0) is 29.8 Å². The van der Waals surface area contributed by atoms with Crippen LogP contribution in [0.5, 0.6) is 11.5 Å². The van der Waals surface area contributed by atoms with E-state index >= 15 is 0 Å². The summed E-state index contributed by atoms with van der Waals surface area (Å²) in [6, 6.07) is 12.7. The summed E-state index contributed by atoms with van der Waals surface area (Å²) in [5, 5.41) is 1.47. The first-order valence-corrected chi connectivity index (χ1v) is 9.33. The van der Waals surface area contributed by atoms with Gasteiger partial charge in [0.05, 0.1) is 12.1 Å². The first-order chi connectivity index (χ1) is 13.5. The Morgan fingerprint density at radius 3 is 2.43 bits per heavy atom. The topological polar surface area (TPSA) is 71.6 Å². The maximum Gasteiger partial charge on any atom is 0.253 e. The number of nitrogens with one attached hydrogen (secondary N) is 1. The molecule has 6 nitrogen and oxygen atoms in total. The SMILES string of the molecule is CC(=O)N(Cc1ccc(Cl)cc1)Cc1cc2cc3c(cc2[nH]c1=O)OCCO3. The van der Waals surface area contributed by atoms with E-state index < -0.39 is 0 Å². The molecule has 1 amide bonds. The van der Waals surface area contributed by atoms with Crippen LogP contribution in [0.15, 0.2) is 47.3 Å². The molecule has 0 atom stereocenters. The van der Waals surface area contributed by atoms with Crippen molar-refractivity contribution in [2.24, 2.45) is 0 Å². The highest BCUT2D eigenvalue weighted by molar-refractivity contribution is 6.30. The molecule has 0 aliphatic carbocycles. The van der Waals surface area contributed by atoms with E-state index in [1.807, 2.05) is 18.2 Å². The lowest BCUT2D eigenvalue weighted by Crippen LogP contribution is -2.30. The predicted octanol–water partition coefficient (Wildman–Crippen LogP) is 3.50. The highest BCUT2D eigenvalue weighted by atomic mass is 35.5. The lowest BCUT2D eigenvalue weighted by Gasteiger charge is -2.22. The molecule has 1 N–H and O–H groups in total. The van der Waals surface area contributed by atoms with Gasteiger partial charge in [0.15, 0.2) is 11.5 Å². The van der Waals surface area contributed by atoms with Crippen LogP contribution in [0.4, 0.5) is 0 Å². The van der Waals surface area contributed by atoms with Gasteiger partial charge >= 0.3 is 0 Å². The Kier molecular flexibility index (Phi) is 4.96. The van der Waals surface area contributed by atoms with Gasteiger partial charge in [0.25, 0.3) is 5.56 Å². The summed E-state index contributed by atoms with van der Waals surface area (Å²) in [7, 11) is 0. The molecule has 1 aliphatic heterocycles. The smallest absolute Gasteiger partial charge is 0.253 e. The molecule has 0 fully saturated rings. The number of carbonyl (C=O) groups is 1. The van der Waals surface area contributed by atoms with Gasteiger partial charge in [0.2, 0.25) is 5.91 Å². The van der Waals surface area contributed by atoms with E-state index in [-0.39, 0.29) is 18.0 Å². The number of halogens is 1. The molecule has 0 radical (unpaired) electrons. The number of pyridine rings is 1. The number of ether oxygens (including phenoxy) is 2. The summed E-state index contributed by atoms with van der Waals surface area (Å²) in [5.74, 6) is 1.16. The van der Waals surface area contributed by atoms with Crippen molar-refractivity contribution in [1.29, 1.82) is 0 Å². The van der Waals surface area contributed by atoms with Gasteiger partial charge < -0.3 is 19.4 Å². The fraction of sp³-hybridized carbons (Fsp3) is 0.238. The second-order valence-electron chi connectivity index (χ2n) is 6.71. The normalized spacial score (nSPS) is 12.8. The van der Waals surface area contributed by atoms with Gasteiger partial charge in [-0.15, -0.1) is 0 Å². The highest BCUT2D eigenvalue weighted by Crippen LogP contribution is 2.33. The highest BCUT2D eigenvalue weighted by Gasteiger charge is 2.16. The lowest BCUT2D eigenvalue weighted by atomic mass is 10.1. The summed E-state index contributed by atoms with van der Waals surface area (Å²) >= 11 is 5.92. The molecule has 144 valence electrons. The van der Waals surface area contributed by atoms with Crippen LogP contribution in [-0.4, -0.2) is 29.0 Å². The Hall–Kier alpha value is -2.99. The minimum absolute atomic E-state index is 0.114. The van der Waals surface area contributed by atoms with Crippen LogP contribution in [0.3, 0.4) is 0 Å². The number of hydrogen-bond acceptors (Lipinski definition) is 4. The van der Waals surface area contributed by atoms with Gasteiger partial charge in [-0.25, -0.2) is 0 Å². The zero-order chi connectivity index (χ0) is 19.7. The Balaban J connectivity index is 1.64. The number of rotatable bonds is 4. The first kappa shape index (κ1) is 18.4. The summed E-state index contributed by atoms with van der Waals surface area (Å²) in [4.78, 5) is 29.2. The Bertz CT molecular complexity index is 1090. The Morgan fingerprint density at radius 1 is 1.07 bits per heavy atom. The fourth-order valence-electron chi connectivity index (χ4n) is 3.20. The van der Waals surface area contributed by atoms with Gasteiger partial charge in [-0.3, -0.25) is 9.59 Å². The summed E-state index contributed by atoms with van der Waals surface area (Å²) in [6.07, 6.45) is 0. The molecule has 1 aliphatic rings. The number of H-pyrrole nitrogens is 1. The van der Waals surface area contributed by atoms with Crippen molar-refractivity contribution >= 4 is 28.4 Å². The molecule has 7 heteroatoms. The molecule has 0 bridgehead atoms. The van der Waals surface area contributed by atoms with Crippen LogP contribution in [0.2, 0.25) is 5.02 Å². The molecule has 0 saturated heterocycles. The van der Waals surface area contributed by atoms with Crippen LogP contribution < -0.4 is 15.0 Å². The number of nitrogens with zero attached hydrogens (tertiary/aromatic N) is 1. The molecular formula is C21H19ClN2O4. The molecule has 28 heavy (non-hydrogen) atoms. The first-order valence-electron chi connectivity index (χ1n) is 8.95. The fourth-order valence-corrected chi connectivity index (χ4v) is 3.33. The molecular weight excluding hydrogens is 380 g/mol. The lowest BCUT2D eigenvalue weighted by molar-refractivity contribution is -0.130. The maximum absolute atomic E-state index is 12.6. The molecule has 1 aromatic heterocycles. The van der Waals surface area contributed by atoms with Crippen LogP contribution in [0.25, 0.3) is 10.9 Å². The second-order valence-corrected chi connectivity index (χ2v) is 7.14. The largest absolute Gasteiger partial charge is 0.486 e. The minimum atomic E-state index is -0.230. The number of benzene rings is 2. The van der Waals surface area contributed by atoms with E-state index in [1.165, 1.54) is 6.92 Å². The Labute approximate surface area is 166 Å². The third kappa shape index (κ3) is 3.82. The van der Waals surface area contributed by atoms with E-state index in [1.54, 1.807) is 29.2 Å². The predicted molar refractivity (Wildman–Crippen MR) is 107 cm³/mol. The third-order valence-corrected chi connectivity index (χ3v) is 4.93. The average Bonchev–Trinajstić information content (AvgIpc) is 2.68. The molecule has 0 spiro atoms. The number of amides is 1. The molecule has 4 rings (SSSR count). The summed E-state index contributed by atoms with van der Waals surface area (Å²) in [5.41, 5.74) is 1.89. The molecule has 2 aromatic carbocycles. The van der Waals surface area contributed by atoms with E-state index in [4.69, 9.17) is 21.1 Å². The quantitative estimate of drug-likeness (QED) is 0.730. The second kappa shape index (κ2) is 7.56. The third-order valence-electron chi connectivity index (χ3n) is 4.68. The van der Waals surface area contributed by atoms with E-state index in [0.717, 1.165) is 10.9 Å². The van der Waals surface area contributed by atoms with Crippen LogP contribution in [0, 0.1) is 0 Å². The van der Waals surface area contributed by atoms with Crippen LogP contribution in [0.1, 0.15) is 18.1 Å². The Morgan fingerprint density at radius 2 is 1.75 bits per heavy atom. The van der Waals surface area contributed by atoms with Crippen LogP contribution >= 0.6 is 11.6 Å². The van der Waals surface area contributed by atoms with Crippen molar-refractivity contribution in [2.45, 2.75) is 20.0 Å². The number of aromatic nitrogens is 1. The molecule has 0 unspecified atom stereocenters. The zero-order valence-corrected chi connectivity index (χ0v) is 16.1. The molecule has 3 aromatic rings. The minimum Gasteiger partial charge on any atom is -0.486 e. The average molecular weight is 399 g/mol. The van der Waals surface area contributed by atoms with E-state index in [9.17, 15) is 9.59 Å². The van der Waals surface area contributed by atoms with Crippen LogP contribution in [-0.2, 0) is 17.9 Å². The zero-order valence-electron chi connectivity index (χ0n) is 15.3. The van der Waals surface area contributed by atoms with Crippen molar-refractivity contribution in [1.82, 2.24) is 9.88 Å². The summed E-state index contributed by atoms with van der Waals surface area (Å²) in [6.45, 7) is 3.07. The van der Waals surface area contributed by atoms with Crippen molar-refractivity contribution in [2.75, 3.05) is 13.2 Å². The van der Waals surface area contributed by atoms with Crippen molar-refractivity contribution in [3.8, 4) is 11.5 Å². The monoisotopic (exact) mass is 398 g/mol. The van der Waals surface area contributed by atoms with Crippen molar-refractivity contribution in [3.63, 3.8) is 0 Å².